The van der Waals surface area contributed by atoms with Gasteiger partial charge in [0.05, 0.1) is 6.42 Å². The van der Waals surface area contributed by atoms with Crippen molar-refractivity contribution in [1.82, 2.24) is 9.97 Å². The van der Waals surface area contributed by atoms with Gasteiger partial charge in [0.25, 0.3) is 0 Å². The van der Waals surface area contributed by atoms with E-state index in [4.69, 9.17) is 5.84 Å². The van der Waals surface area contributed by atoms with Crippen LogP contribution in [0.2, 0.25) is 0 Å². The molecule has 1 aromatic carbocycles. The number of hydrazine groups is 1. The highest BCUT2D eigenvalue weighted by Gasteiger charge is 2.29. The van der Waals surface area contributed by atoms with Crippen LogP contribution in [0, 0.1) is 6.92 Å². The minimum absolute atomic E-state index is 0.146. The molecule has 90 valence electrons. The monoisotopic (exact) mass is 240 g/mol. The zero-order valence-electron chi connectivity index (χ0n) is 9.92. The Morgan fingerprint density at radius 3 is 2.67 bits per heavy atom. The lowest BCUT2D eigenvalue weighted by molar-refractivity contribution is -0.117. The number of nitrogens with zero attached hydrogens (tertiary/aromatic N) is 3. The molecule has 0 aliphatic carbocycles. The van der Waals surface area contributed by atoms with Gasteiger partial charge in [0, 0.05) is 16.8 Å². The number of amides is 1. The van der Waals surface area contributed by atoms with Crippen LogP contribution in [0.5, 0.6) is 0 Å². The van der Waals surface area contributed by atoms with E-state index in [0.717, 1.165) is 21.8 Å². The highest BCUT2D eigenvalue weighted by Crippen LogP contribution is 2.28. The van der Waals surface area contributed by atoms with E-state index in [2.05, 4.69) is 9.97 Å². The highest BCUT2D eigenvalue weighted by atomic mass is 16.2. The van der Waals surface area contributed by atoms with Crippen molar-refractivity contribution in [3.63, 3.8) is 0 Å². The number of nitrogens with two attached hydrogens (primary N) is 1. The summed E-state index contributed by atoms with van der Waals surface area (Å²) < 4.78 is 0. The number of carbonyl (C=O) groups excluding carboxylic acids is 1. The Kier molecular flexibility index (Phi) is 2.34. The van der Waals surface area contributed by atoms with Gasteiger partial charge in [-0.1, -0.05) is 30.3 Å². The standard InChI is InChI=1S/C13H12N4O/c1-8-10-7-11(18)17(14)13(10)16-12(15-8)9-5-3-2-4-6-9/h2-6H,7,14H2,1H3. The third-order valence-corrected chi connectivity index (χ3v) is 3.05. The van der Waals surface area contributed by atoms with Crippen molar-refractivity contribution >= 4 is 11.7 Å². The fourth-order valence-electron chi connectivity index (χ4n) is 2.06. The second-order valence-electron chi connectivity index (χ2n) is 4.24. The molecule has 3 rings (SSSR count). The summed E-state index contributed by atoms with van der Waals surface area (Å²) in [6, 6.07) is 9.64. The van der Waals surface area contributed by atoms with E-state index in [1.807, 2.05) is 37.3 Å². The molecule has 0 spiro atoms. The van der Waals surface area contributed by atoms with E-state index in [0.29, 0.717) is 11.6 Å². The van der Waals surface area contributed by atoms with Gasteiger partial charge in [0.1, 0.15) is 0 Å². The van der Waals surface area contributed by atoms with E-state index < -0.39 is 0 Å². The van der Waals surface area contributed by atoms with Crippen molar-refractivity contribution < 1.29 is 4.79 Å². The van der Waals surface area contributed by atoms with Crippen molar-refractivity contribution in [2.45, 2.75) is 13.3 Å². The predicted octanol–water partition coefficient (Wildman–Crippen LogP) is 1.21. The maximum absolute atomic E-state index is 11.6. The normalized spacial score (nSPS) is 13.9. The Hall–Kier alpha value is -2.27. The van der Waals surface area contributed by atoms with Gasteiger partial charge >= 0.3 is 0 Å². The zero-order valence-corrected chi connectivity index (χ0v) is 9.92. The molecule has 0 unspecified atom stereocenters. The number of fused-ring (bicyclic) bond motifs is 1. The average Bonchev–Trinajstić information content (AvgIpc) is 2.68. The van der Waals surface area contributed by atoms with E-state index >= 15 is 0 Å². The van der Waals surface area contributed by atoms with Crippen molar-refractivity contribution in [2.75, 3.05) is 5.01 Å². The first kappa shape index (κ1) is 10.9. The molecule has 5 nitrogen and oxygen atoms in total. The van der Waals surface area contributed by atoms with Crippen molar-refractivity contribution in [3.05, 3.63) is 41.6 Å². The van der Waals surface area contributed by atoms with E-state index in [1.165, 1.54) is 0 Å². The molecule has 1 aromatic heterocycles. The molecule has 5 heteroatoms. The smallest absolute Gasteiger partial charge is 0.247 e. The second kappa shape index (κ2) is 3.89. The summed E-state index contributed by atoms with van der Waals surface area (Å²) in [6.45, 7) is 1.87. The first-order valence-corrected chi connectivity index (χ1v) is 5.67. The number of benzene rings is 1. The lowest BCUT2D eigenvalue weighted by Crippen LogP contribution is -2.34. The second-order valence-corrected chi connectivity index (χ2v) is 4.24. The van der Waals surface area contributed by atoms with Gasteiger partial charge in [0.2, 0.25) is 5.91 Å². The summed E-state index contributed by atoms with van der Waals surface area (Å²) in [5.41, 5.74) is 2.54. The number of hydrogen-bond acceptors (Lipinski definition) is 4. The minimum Gasteiger partial charge on any atom is -0.273 e. The maximum Gasteiger partial charge on any atom is 0.247 e. The number of aromatic nitrogens is 2. The maximum atomic E-state index is 11.6. The zero-order chi connectivity index (χ0) is 12.7. The van der Waals surface area contributed by atoms with E-state index in [9.17, 15) is 4.79 Å². The molecule has 0 fully saturated rings. The summed E-state index contributed by atoms with van der Waals surface area (Å²) in [5.74, 6) is 6.67. The van der Waals surface area contributed by atoms with Crippen LogP contribution in [0.25, 0.3) is 11.4 Å². The fourth-order valence-corrected chi connectivity index (χ4v) is 2.06. The molecule has 2 heterocycles. The van der Waals surface area contributed by atoms with Crippen LogP contribution < -0.4 is 10.9 Å². The Balaban J connectivity index is 2.16. The van der Waals surface area contributed by atoms with Gasteiger partial charge in [-0.05, 0) is 6.92 Å². The van der Waals surface area contributed by atoms with Gasteiger partial charge in [-0.3, -0.25) is 4.79 Å². The topological polar surface area (TPSA) is 72.1 Å². The van der Waals surface area contributed by atoms with Gasteiger partial charge in [0.15, 0.2) is 11.6 Å². The van der Waals surface area contributed by atoms with Crippen LogP contribution in [-0.2, 0) is 11.2 Å². The summed E-state index contributed by atoms with van der Waals surface area (Å²) >= 11 is 0. The van der Waals surface area contributed by atoms with Crippen LogP contribution in [0.4, 0.5) is 5.82 Å². The molecule has 0 atom stereocenters. The van der Waals surface area contributed by atoms with Gasteiger partial charge in [-0.2, -0.15) is 0 Å². The van der Waals surface area contributed by atoms with E-state index in [-0.39, 0.29) is 12.3 Å². The van der Waals surface area contributed by atoms with Crippen LogP contribution in [0.3, 0.4) is 0 Å². The molecular formula is C13H12N4O. The van der Waals surface area contributed by atoms with Gasteiger partial charge in [-0.25, -0.2) is 20.8 Å². The Morgan fingerprint density at radius 2 is 1.94 bits per heavy atom. The van der Waals surface area contributed by atoms with Crippen LogP contribution in [0.15, 0.2) is 30.3 Å². The first-order chi connectivity index (χ1) is 8.66. The lowest BCUT2D eigenvalue weighted by atomic mass is 10.1. The molecule has 1 amide bonds. The highest BCUT2D eigenvalue weighted by molar-refractivity contribution is 5.99. The number of anilines is 1. The number of hydrogen-bond donors (Lipinski definition) is 1. The molecule has 1 aliphatic heterocycles. The first-order valence-electron chi connectivity index (χ1n) is 5.67. The molecule has 0 saturated heterocycles. The van der Waals surface area contributed by atoms with E-state index in [1.54, 1.807) is 0 Å². The van der Waals surface area contributed by atoms with Gasteiger partial charge < -0.3 is 0 Å². The molecule has 1 aliphatic rings. The Bertz CT molecular complexity index is 624. The SMILES string of the molecule is Cc1nc(-c2ccccc2)nc2c1CC(=O)N2N. The average molecular weight is 240 g/mol. The number of rotatable bonds is 1. The molecule has 2 aromatic rings. The molecular weight excluding hydrogens is 228 g/mol. The number of aryl methyl sites for hydroxylation is 1. The Morgan fingerprint density at radius 1 is 1.22 bits per heavy atom. The quantitative estimate of drug-likeness (QED) is 0.600. The summed E-state index contributed by atoms with van der Waals surface area (Å²) in [6.07, 6.45) is 0.284. The molecule has 0 bridgehead atoms. The molecule has 0 radical (unpaired) electrons. The van der Waals surface area contributed by atoms with Crippen molar-refractivity contribution in [3.8, 4) is 11.4 Å². The van der Waals surface area contributed by atoms with Crippen molar-refractivity contribution in [1.29, 1.82) is 0 Å². The summed E-state index contributed by atoms with van der Waals surface area (Å²) in [4.78, 5) is 20.4. The van der Waals surface area contributed by atoms with Crippen LogP contribution in [-0.4, -0.2) is 15.9 Å². The fraction of sp³-hybridized carbons (Fsp3) is 0.154. The number of carbonyl (C=O) groups is 1. The van der Waals surface area contributed by atoms with Crippen molar-refractivity contribution in [2.24, 2.45) is 5.84 Å². The summed E-state index contributed by atoms with van der Waals surface area (Å²) in [7, 11) is 0. The third kappa shape index (κ3) is 1.56. The molecule has 2 N–H and O–H groups in total. The molecule has 0 saturated carbocycles. The largest absolute Gasteiger partial charge is 0.273 e. The van der Waals surface area contributed by atoms with Gasteiger partial charge in [-0.15, -0.1) is 0 Å². The van der Waals surface area contributed by atoms with Crippen LogP contribution in [0.1, 0.15) is 11.3 Å². The minimum atomic E-state index is -0.146. The lowest BCUT2D eigenvalue weighted by Gasteiger charge is -2.10. The summed E-state index contributed by atoms with van der Waals surface area (Å²) in [5, 5.41) is 1.11. The predicted molar refractivity (Wildman–Crippen MR) is 67.6 cm³/mol. The van der Waals surface area contributed by atoms with Crippen LogP contribution >= 0.6 is 0 Å². The Labute approximate surface area is 104 Å². The molecule has 18 heavy (non-hydrogen) atoms. The third-order valence-electron chi connectivity index (χ3n) is 3.05.